The lowest BCUT2D eigenvalue weighted by atomic mass is 9.99. The lowest BCUT2D eigenvalue weighted by molar-refractivity contribution is 0.869. The van der Waals surface area contributed by atoms with Crippen LogP contribution in [0.25, 0.3) is 32.9 Å². The number of aromatic nitrogens is 1. The quantitative estimate of drug-likeness (QED) is 0.191. The molecule has 0 unspecified atom stereocenters. The molecule has 32 heavy (non-hydrogen) atoms. The largest absolute Gasteiger partial charge is 0.336 e. The Morgan fingerprint density at radius 2 is 1.56 bits per heavy atom. The molecule has 5 aromatic rings. The molecule has 152 valence electrons. The minimum absolute atomic E-state index is 0.0445. The number of nitriles is 1. The summed E-state index contributed by atoms with van der Waals surface area (Å²) in [5, 5.41) is 22.7. The third-order valence-corrected chi connectivity index (χ3v) is 5.81. The molecule has 5 rings (SSSR count). The number of rotatable bonds is 4. The summed E-state index contributed by atoms with van der Waals surface area (Å²) < 4.78 is 2.27. The van der Waals surface area contributed by atoms with Crippen molar-refractivity contribution in [1.29, 1.82) is 16.2 Å². The fraction of sp³-hybridized carbons (Fsp3) is 0.0370. The van der Waals surface area contributed by atoms with E-state index >= 15 is 0 Å². The van der Waals surface area contributed by atoms with E-state index in [0.717, 1.165) is 38.5 Å². The third kappa shape index (κ3) is 3.24. The number of hydrogen-bond acceptors (Lipinski definition) is 3. The van der Waals surface area contributed by atoms with Gasteiger partial charge in [-0.1, -0.05) is 60.7 Å². The molecule has 4 aromatic carbocycles. The lowest BCUT2D eigenvalue weighted by Crippen LogP contribution is -2.00. The van der Waals surface area contributed by atoms with Crippen LogP contribution in [-0.4, -0.2) is 10.4 Å². The molecular formula is C27H19N5. The summed E-state index contributed by atoms with van der Waals surface area (Å²) in [4.78, 5) is 0. The Labute approximate surface area is 185 Å². The smallest absolute Gasteiger partial charge is 0.173 e. The van der Waals surface area contributed by atoms with Gasteiger partial charge in [0.1, 0.15) is 0 Å². The highest BCUT2D eigenvalue weighted by Gasteiger charge is 2.13. The molecule has 0 saturated heterocycles. The van der Waals surface area contributed by atoms with Gasteiger partial charge in [-0.15, -0.1) is 5.11 Å². The molecule has 1 aromatic heterocycles. The van der Waals surface area contributed by atoms with Crippen molar-refractivity contribution < 1.29 is 0 Å². The predicted octanol–water partition coefficient (Wildman–Crippen LogP) is 6.74. The molecule has 0 fully saturated rings. The summed E-state index contributed by atoms with van der Waals surface area (Å²) in [6.07, 6.45) is 0. The first kappa shape index (κ1) is 19.4. The van der Waals surface area contributed by atoms with Gasteiger partial charge in [-0.2, -0.15) is 5.26 Å². The second kappa shape index (κ2) is 7.93. The van der Waals surface area contributed by atoms with Crippen molar-refractivity contribution in [3.63, 3.8) is 0 Å². The molecule has 2 N–H and O–H groups in total. The Kier molecular flexibility index (Phi) is 4.81. The van der Waals surface area contributed by atoms with Crippen molar-refractivity contribution in [3.8, 4) is 17.2 Å². The zero-order chi connectivity index (χ0) is 22.1. The average Bonchev–Trinajstić information content (AvgIpc) is 3.17. The Morgan fingerprint density at radius 3 is 2.34 bits per heavy atom. The van der Waals surface area contributed by atoms with Crippen molar-refractivity contribution in [2.45, 2.75) is 6.54 Å². The average molecular weight is 413 g/mol. The predicted molar refractivity (Wildman–Crippen MR) is 127 cm³/mol. The van der Waals surface area contributed by atoms with E-state index in [9.17, 15) is 5.26 Å². The Balaban J connectivity index is 1.57. The number of nitrogens with one attached hydrogen (secondary N) is 2. The number of amidine groups is 1. The molecule has 1 heterocycles. The van der Waals surface area contributed by atoms with Gasteiger partial charge in [-0.05, 0) is 47.0 Å². The van der Waals surface area contributed by atoms with Crippen LogP contribution in [0.5, 0.6) is 0 Å². The van der Waals surface area contributed by atoms with Crippen molar-refractivity contribution >= 4 is 27.6 Å². The summed E-state index contributed by atoms with van der Waals surface area (Å²) in [5.41, 5.74) is 13.8. The van der Waals surface area contributed by atoms with Gasteiger partial charge >= 0.3 is 0 Å². The van der Waals surface area contributed by atoms with Crippen molar-refractivity contribution in [3.05, 3.63) is 108 Å². The van der Waals surface area contributed by atoms with E-state index in [1.807, 2.05) is 54.6 Å². The number of para-hydroxylation sites is 1. The summed E-state index contributed by atoms with van der Waals surface area (Å²) in [6, 6.07) is 32.3. The molecule has 0 aliphatic heterocycles. The number of benzene rings is 4. The topological polar surface area (TPSA) is 88.8 Å². The van der Waals surface area contributed by atoms with E-state index in [1.165, 1.54) is 0 Å². The van der Waals surface area contributed by atoms with E-state index in [1.54, 1.807) is 0 Å². The summed E-state index contributed by atoms with van der Waals surface area (Å²) >= 11 is 0. The first-order chi connectivity index (χ1) is 15.7. The first-order valence-electron chi connectivity index (χ1n) is 10.3. The van der Waals surface area contributed by atoms with Gasteiger partial charge in [-0.25, -0.2) is 5.53 Å². The zero-order valence-corrected chi connectivity index (χ0v) is 17.2. The monoisotopic (exact) mass is 413 g/mol. The Bertz CT molecular complexity index is 1530. The molecule has 0 radical (unpaired) electrons. The van der Waals surface area contributed by atoms with Crippen LogP contribution >= 0.6 is 0 Å². The fourth-order valence-electron chi connectivity index (χ4n) is 4.24. The summed E-state index contributed by atoms with van der Waals surface area (Å²) in [5.74, 6) is -0.0445. The first-order valence-corrected chi connectivity index (χ1v) is 10.3. The number of hydrogen-bond donors (Lipinski definition) is 2. The van der Waals surface area contributed by atoms with Gasteiger partial charge in [0.2, 0.25) is 0 Å². The second-order valence-electron chi connectivity index (χ2n) is 7.65. The lowest BCUT2D eigenvalue weighted by Gasteiger charge is -2.10. The maximum Gasteiger partial charge on any atom is 0.173 e. The van der Waals surface area contributed by atoms with Crippen LogP contribution in [0.15, 0.2) is 96.1 Å². The van der Waals surface area contributed by atoms with Crippen LogP contribution in [0.1, 0.15) is 16.7 Å². The molecule has 0 aliphatic carbocycles. The second-order valence-corrected chi connectivity index (χ2v) is 7.65. The number of fused-ring (bicyclic) bond motifs is 3. The van der Waals surface area contributed by atoms with Crippen LogP contribution < -0.4 is 0 Å². The summed E-state index contributed by atoms with van der Waals surface area (Å²) in [7, 11) is 0. The molecular weight excluding hydrogens is 394 g/mol. The van der Waals surface area contributed by atoms with Gasteiger partial charge in [0.25, 0.3) is 0 Å². The highest BCUT2D eigenvalue weighted by atomic mass is 15.0. The molecule has 0 saturated carbocycles. The fourth-order valence-corrected chi connectivity index (χ4v) is 4.24. The minimum atomic E-state index is -0.0445. The normalized spacial score (nSPS) is 10.8. The van der Waals surface area contributed by atoms with Crippen LogP contribution in [0.3, 0.4) is 0 Å². The van der Waals surface area contributed by atoms with Crippen LogP contribution in [-0.2, 0) is 6.54 Å². The SMILES string of the molecule is N#Cc1ccccc1-c1ccc(Cn2c3ccccc3c3cc(C(=N)N=N)ccc32)cc1. The van der Waals surface area contributed by atoms with Gasteiger partial charge in [0.15, 0.2) is 5.84 Å². The van der Waals surface area contributed by atoms with Gasteiger partial charge in [0, 0.05) is 33.9 Å². The Hall–Kier alpha value is -4.56. The molecule has 5 nitrogen and oxygen atoms in total. The molecule has 0 atom stereocenters. The van der Waals surface area contributed by atoms with Gasteiger partial charge in [-0.3, -0.25) is 5.41 Å². The van der Waals surface area contributed by atoms with E-state index < -0.39 is 0 Å². The van der Waals surface area contributed by atoms with Crippen molar-refractivity contribution in [2.24, 2.45) is 5.11 Å². The molecule has 0 spiro atoms. The Morgan fingerprint density at radius 1 is 0.844 bits per heavy atom. The van der Waals surface area contributed by atoms with Crippen LogP contribution in [0.4, 0.5) is 0 Å². The van der Waals surface area contributed by atoms with Gasteiger partial charge < -0.3 is 4.57 Å². The zero-order valence-electron chi connectivity index (χ0n) is 17.2. The number of nitrogens with zero attached hydrogens (tertiary/aromatic N) is 3. The molecule has 0 aliphatic rings. The summed E-state index contributed by atoms with van der Waals surface area (Å²) in [6.45, 7) is 0.698. The third-order valence-electron chi connectivity index (χ3n) is 5.81. The minimum Gasteiger partial charge on any atom is -0.336 e. The van der Waals surface area contributed by atoms with Crippen LogP contribution in [0, 0.1) is 22.3 Å². The maximum absolute atomic E-state index is 9.39. The maximum atomic E-state index is 9.39. The van der Waals surface area contributed by atoms with E-state index in [2.05, 4.69) is 52.1 Å². The van der Waals surface area contributed by atoms with Crippen molar-refractivity contribution in [1.82, 2.24) is 4.57 Å². The van der Waals surface area contributed by atoms with Crippen molar-refractivity contribution in [2.75, 3.05) is 0 Å². The standard InChI is InChI=1S/C27H19N5/c28-16-21-5-1-2-6-22(21)19-11-9-18(10-12-19)17-32-25-8-4-3-7-23(25)24-15-20(27(29)31-30)13-14-26(24)32/h1-15,29-30H,17H2. The molecule has 0 amide bonds. The molecule has 0 bridgehead atoms. The highest BCUT2D eigenvalue weighted by Crippen LogP contribution is 2.31. The van der Waals surface area contributed by atoms with E-state index in [4.69, 9.17) is 10.9 Å². The highest BCUT2D eigenvalue weighted by molar-refractivity contribution is 6.11. The molecule has 5 heteroatoms. The van der Waals surface area contributed by atoms with Crippen LogP contribution in [0.2, 0.25) is 0 Å². The van der Waals surface area contributed by atoms with E-state index in [0.29, 0.717) is 17.7 Å². The van der Waals surface area contributed by atoms with Gasteiger partial charge in [0.05, 0.1) is 11.6 Å². The van der Waals surface area contributed by atoms with E-state index in [-0.39, 0.29) is 5.84 Å².